The Morgan fingerprint density at radius 1 is 1.38 bits per heavy atom. The molecule has 5 heteroatoms. The number of aryl methyl sites for hydroxylation is 2. The van der Waals surface area contributed by atoms with Crippen molar-refractivity contribution in [3.8, 4) is 5.75 Å². The molecule has 0 radical (unpaired) electrons. The Kier molecular flexibility index (Phi) is 5.20. The Morgan fingerprint density at radius 2 is 2.05 bits per heavy atom. The molecular formula is C16H15BrO3S. The van der Waals surface area contributed by atoms with Crippen LogP contribution in [0, 0.1) is 13.8 Å². The average Bonchev–Trinajstić information content (AvgIpc) is 2.81. The van der Waals surface area contributed by atoms with E-state index in [0.717, 1.165) is 37.9 Å². The van der Waals surface area contributed by atoms with Crippen molar-refractivity contribution in [1.29, 1.82) is 0 Å². The van der Waals surface area contributed by atoms with Gasteiger partial charge in [0.25, 0.3) is 0 Å². The van der Waals surface area contributed by atoms with Crippen molar-refractivity contribution in [2.24, 2.45) is 0 Å². The van der Waals surface area contributed by atoms with Gasteiger partial charge in [-0.2, -0.15) is 0 Å². The molecule has 1 aromatic heterocycles. The molecule has 0 unspecified atom stereocenters. The highest BCUT2D eigenvalue weighted by atomic mass is 79.9. The van der Waals surface area contributed by atoms with Crippen molar-refractivity contribution in [2.45, 2.75) is 20.5 Å². The third-order valence-corrected chi connectivity index (χ3v) is 4.84. The number of aliphatic carboxylic acids is 1. The predicted molar refractivity (Wildman–Crippen MR) is 88.9 cm³/mol. The zero-order valence-electron chi connectivity index (χ0n) is 11.7. The quantitative estimate of drug-likeness (QED) is 0.772. The summed E-state index contributed by atoms with van der Waals surface area (Å²) in [5, 5.41) is 10.7. The summed E-state index contributed by atoms with van der Waals surface area (Å²) in [4.78, 5) is 11.7. The molecule has 2 rings (SSSR count). The summed E-state index contributed by atoms with van der Waals surface area (Å²) in [6.07, 6.45) is 2.72. The molecule has 21 heavy (non-hydrogen) atoms. The predicted octanol–water partition coefficient (Wildman–Crippen LogP) is 4.80. The van der Waals surface area contributed by atoms with Crippen molar-refractivity contribution in [1.82, 2.24) is 0 Å². The van der Waals surface area contributed by atoms with E-state index in [1.54, 1.807) is 17.4 Å². The lowest BCUT2D eigenvalue weighted by atomic mass is 10.1. The minimum Gasteiger partial charge on any atom is -0.487 e. The fourth-order valence-electron chi connectivity index (χ4n) is 2.04. The molecule has 1 N–H and O–H groups in total. The molecule has 0 saturated carbocycles. The van der Waals surface area contributed by atoms with E-state index < -0.39 is 5.97 Å². The smallest absolute Gasteiger partial charge is 0.328 e. The topological polar surface area (TPSA) is 46.5 Å². The molecule has 1 heterocycles. The normalized spacial score (nSPS) is 11.0. The molecular weight excluding hydrogens is 352 g/mol. The highest BCUT2D eigenvalue weighted by Crippen LogP contribution is 2.29. The van der Waals surface area contributed by atoms with E-state index >= 15 is 0 Å². The number of carbonyl (C=O) groups is 1. The summed E-state index contributed by atoms with van der Waals surface area (Å²) in [6, 6.07) is 5.85. The lowest BCUT2D eigenvalue weighted by molar-refractivity contribution is -0.131. The summed E-state index contributed by atoms with van der Waals surface area (Å²) in [5.41, 5.74) is 2.84. The summed E-state index contributed by atoms with van der Waals surface area (Å²) in [6.45, 7) is 4.44. The molecule has 0 spiro atoms. The molecule has 1 aromatic carbocycles. The van der Waals surface area contributed by atoms with Crippen LogP contribution in [0.1, 0.15) is 21.6 Å². The Bertz CT molecular complexity index is 666. The van der Waals surface area contributed by atoms with E-state index in [4.69, 9.17) is 9.84 Å². The van der Waals surface area contributed by atoms with Crippen LogP contribution in [-0.4, -0.2) is 11.1 Å². The largest absolute Gasteiger partial charge is 0.487 e. The Balaban J connectivity index is 2.17. The minimum absolute atomic E-state index is 0.518. The van der Waals surface area contributed by atoms with Gasteiger partial charge in [-0.25, -0.2) is 4.79 Å². The average molecular weight is 367 g/mol. The summed E-state index contributed by atoms with van der Waals surface area (Å²) >= 11 is 5.13. The Labute approximate surface area is 136 Å². The first kappa shape index (κ1) is 15.8. The van der Waals surface area contributed by atoms with Gasteiger partial charge in [0.2, 0.25) is 0 Å². The van der Waals surface area contributed by atoms with Gasteiger partial charge in [-0.15, -0.1) is 11.3 Å². The number of rotatable bonds is 5. The van der Waals surface area contributed by atoms with E-state index in [1.165, 1.54) is 0 Å². The standard InChI is InChI=1S/C16H15BrO3S/c1-10-7-12(3-4-15(18)19)8-11(2)16(10)20-9-14-13(17)5-6-21-14/h3-8H,9H2,1-2H3,(H,18,19). The Morgan fingerprint density at radius 3 is 2.57 bits per heavy atom. The molecule has 0 saturated heterocycles. The number of ether oxygens (including phenoxy) is 1. The number of halogens is 1. The molecule has 0 bridgehead atoms. The summed E-state index contributed by atoms with van der Waals surface area (Å²) in [7, 11) is 0. The van der Waals surface area contributed by atoms with Crippen LogP contribution in [0.5, 0.6) is 5.75 Å². The first-order chi connectivity index (χ1) is 9.97. The van der Waals surface area contributed by atoms with Crippen LogP contribution in [0.2, 0.25) is 0 Å². The van der Waals surface area contributed by atoms with E-state index in [1.807, 2.05) is 37.4 Å². The highest BCUT2D eigenvalue weighted by molar-refractivity contribution is 9.10. The van der Waals surface area contributed by atoms with Gasteiger partial charge in [0, 0.05) is 10.5 Å². The summed E-state index contributed by atoms with van der Waals surface area (Å²) in [5.74, 6) is -0.101. The van der Waals surface area contributed by atoms with Crippen LogP contribution >= 0.6 is 27.3 Å². The van der Waals surface area contributed by atoms with Crippen molar-refractivity contribution < 1.29 is 14.6 Å². The van der Waals surface area contributed by atoms with Gasteiger partial charge in [-0.05, 0) is 76.1 Å². The van der Waals surface area contributed by atoms with Gasteiger partial charge >= 0.3 is 5.97 Å². The van der Waals surface area contributed by atoms with E-state index in [0.29, 0.717) is 6.61 Å². The second-order valence-corrected chi connectivity index (χ2v) is 6.49. The van der Waals surface area contributed by atoms with Crippen molar-refractivity contribution in [3.05, 3.63) is 55.7 Å². The van der Waals surface area contributed by atoms with Crippen LogP contribution in [0.4, 0.5) is 0 Å². The fraction of sp³-hybridized carbons (Fsp3) is 0.188. The second-order valence-electron chi connectivity index (χ2n) is 4.64. The fourth-order valence-corrected chi connectivity index (χ4v) is 3.42. The van der Waals surface area contributed by atoms with Gasteiger partial charge in [0.1, 0.15) is 12.4 Å². The molecule has 0 aliphatic heterocycles. The minimum atomic E-state index is -0.951. The molecule has 0 atom stereocenters. The number of benzene rings is 1. The lowest BCUT2D eigenvalue weighted by Gasteiger charge is -2.13. The van der Waals surface area contributed by atoms with E-state index in [-0.39, 0.29) is 0 Å². The molecule has 0 aliphatic rings. The maximum atomic E-state index is 10.6. The number of thiophene rings is 1. The number of carboxylic acids is 1. The zero-order valence-corrected chi connectivity index (χ0v) is 14.1. The van der Waals surface area contributed by atoms with Crippen molar-refractivity contribution in [3.63, 3.8) is 0 Å². The highest BCUT2D eigenvalue weighted by Gasteiger charge is 2.08. The van der Waals surface area contributed by atoms with Crippen LogP contribution < -0.4 is 4.74 Å². The van der Waals surface area contributed by atoms with E-state index in [9.17, 15) is 4.79 Å². The van der Waals surface area contributed by atoms with E-state index in [2.05, 4.69) is 15.9 Å². The first-order valence-corrected chi connectivity index (χ1v) is 8.01. The van der Waals surface area contributed by atoms with Gasteiger partial charge in [-0.1, -0.05) is 0 Å². The maximum absolute atomic E-state index is 10.6. The van der Waals surface area contributed by atoms with Crippen molar-refractivity contribution >= 4 is 39.3 Å². The number of hydrogen-bond acceptors (Lipinski definition) is 3. The molecule has 0 aliphatic carbocycles. The SMILES string of the molecule is Cc1cc(C=CC(=O)O)cc(C)c1OCc1sccc1Br. The van der Waals surface area contributed by atoms with Gasteiger partial charge < -0.3 is 9.84 Å². The van der Waals surface area contributed by atoms with Crippen LogP contribution in [0.15, 0.2) is 34.1 Å². The monoisotopic (exact) mass is 366 g/mol. The first-order valence-electron chi connectivity index (χ1n) is 6.34. The summed E-state index contributed by atoms with van der Waals surface area (Å²) < 4.78 is 6.97. The number of carboxylic acid groups (broad SMARTS) is 1. The third kappa shape index (κ3) is 4.19. The van der Waals surface area contributed by atoms with Gasteiger partial charge in [0.15, 0.2) is 0 Å². The maximum Gasteiger partial charge on any atom is 0.328 e. The zero-order chi connectivity index (χ0) is 15.4. The van der Waals surface area contributed by atoms with Crippen molar-refractivity contribution in [2.75, 3.05) is 0 Å². The van der Waals surface area contributed by atoms with Crippen LogP contribution in [0.3, 0.4) is 0 Å². The number of hydrogen-bond donors (Lipinski definition) is 1. The molecule has 0 fully saturated rings. The molecule has 0 amide bonds. The second kappa shape index (κ2) is 6.91. The van der Waals surface area contributed by atoms with Crippen LogP contribution in [0.25, 0.3) is 6.08 Å². The van der Waals surface area contributed by atoms with Crippen LogP contribution in [-0.2, 0) is 11.4 Å². The lowest BCUT2D eigenvalue weighted by Crippen LogP contribution is -1.98. The molecule has 2 aromatic rings. The van der Waals surface area contributed by atoms with Gasteiger partial charge in [0.05, 0.1) is 4.88 Å². The molecule has 3 nitrogen and oxygen atoms in total. The van der Waals surface area contributed by atoms with Gasteiger partial charge in [-0.3, -0.25) is 0 Å². The molecule has 110 valence electrons. The Hall–Kier alpha value is -1.59. The third-order valence-electron chi connectivity index (χ3n) is 2.94.